The summed E-state index contributed by atoms with van der Waals surface area (Å²) in [5, 5.41) is 12.9. The molecule has 0 radical (unpaired) electrons. The van der Waals surface area contributed by atoms with E-state index in [1.165, 1.54) is 24.3 Å². The summed E-state index contributed by atoms with van der Waals surface area (Å²) in [6.07, 6.45) is -0.643. The highest BCUT2D eigenvalue weighted by molar-refractivity contribution is 5.97. The second-order valence-electron chi connectivity index (χ2n) is 8.09. The Balaban J connectivity index is 1.89. The van der Waals surface area contributed by atoms with Crippen LogP contribution in [0.1, 0.15) is 33.6 Å². The first-order valence-electron chi connectivity index (χ1n) is 9.93. The van der Waals surface area contributed by atoms with Crippen molar-refractivity contribution in [1.82, 2.24) is 5.01 Å². The van der Waals surface area contributed by atoms with Crippen LogP contribution in [0.5, 0.6) is 5.75 Å². The SMILES string of the molecule is CC(C)(C)OC(=O)N(c1ccccc1)N1C(=O)CCC1C(=O)Oc1ccc([N+](=O)[O-])cc1. The van der Waals surface area contributed by atoms with E-state index in [0.717, 1.165) is 10.0 Å². The van der Waals surface area contributed by atoms with Crippen LogP contribution in [0.25, 0.3) is 0 Å². The van der Waals surface area contributed by atoms with E-state index in [-0.39, 0.29) is 24.3 Å². The van der Waals surface area contributed by atoms with Gasteiger partial charge in [0.1, 0.15) is 11.4 Å². The summed E-state index contributed by atoms with van der Waals surface area (Å²) in [5.74, 6) is -1.12. The summed E-state index contributed by atoms with van der Waals surface area (Å²) in [7, 11) is 0. The van der Waals surface area contributed by atoms with E-state index in [9.17, 15) is 24.5 Å². The molecule has 168 valence electrons. The number of rotatable bonds is 5. The zero-order valence-corrected chi connectivity index (χ0v) is 17.9. The number of nitro benzene ring substituents is 1. The van der Waals surface area contributed by atoms with E-state index in [4.69, 9.17) is 9.47 Å². The molecule has 1 saturated heterocycles. The second kappa shape index (κ2) is 9.04. The number of anilines is 1. The first-order valence-corrected chi connectivity index (χ1v) is 9.93. The van der Waals surface area contributed by atoms with Crippen molar-refractivity contribution in [3.63, 3.8) is 0 Å². The Kier molecular flexibility index (Phi) is 6.42. The average Bonchev–Trinajstić information content (AvgIpc) is 3.09. The summed E-state index contributed by atoms with van der Waals surface area (Å²) >= 11 is 0. The van der Waals surface area contributed by atoms with Gasteiger partial charge in [-0.3, -0.25) is 14.9 Å². The number of benzene rings is 2. The van der Waals surface area contributed by atoms with Crippen molar-refractivity contribution in [2.24, 2.45) is 0 Å². The van der Waals surface area contributed by atoms with Gasteiger partial charge in [0.15, 0.2) is 6.04 Å². The molecule has 10 heteroatoms. The van der Waals surface area contributed by atoms with Crippen molar-refractivity contribution in [3.05, 3.63) is 64.7 Å². The molecule has 32 heavy (non-hydrogen) atoms. The van der Waals surface area contributed by atoms with Gasteiger partial charge in [-0.2, -0.15) is 5.01 Å². The first kappa shape index (κ1) is 22.7. The van der Waals surface area contributed by atoms with Crippen LogP contribution in [0.2, 0.25) is 0 Å². The molecular formula is C22H23N3O7. The molecule has 2 amide bonds. The third-order valence-electron chi connectivity index (χ3n) is 4.50. The smallest absolute Gasteiger partial charge is 0.434 e. The molecule has 3 rings (SSSR count). The Morgan fingerprint density at radius 1 is 1.09 bits per heavy atom. The molecular weight excluding hydrogens is 418 g/mol. The predicted molar refractivity (Wildman–Crippen MR) is 114 cm³/mol. The van der Waals surface area contributed by atoms with Crippen molar-refractivity contribution in [2.75, 3.05) is 5.01 Å². The lowest BCUT2D eigenvalue weighted by molar-refractivity contribution is -0.384. The summed E-state index contributed by atoms with van der Waals surface area (Å²) in [4.78, 5) is 48.9. The van der Waals surface area contributed by atoms with E-state index >= 15 is 0 Å². The number of hydrazine groups is 1. The lowest BCUT2D eigenvalue weighted by Crippen LogP contribution is -2.55. The Labute approximate surface area is 184 Å². The van der Waals surface area contributed by atoms with E-state index in [0.29, 0.717) is 5.69 Å². The number of hydrogen-bond donors (Lipinski definition) is 0. The fourth-order valence-electron chi connectivity index (χ4n) is 3.15. The molecule has 0 aromatic heterocycles. The number of hydrogen-bond acceptors (Lipinski definition) is 7. The maximum absolute atomic E-state index is 13.0. The first-order chi connectivity index (χ1) is 15.1. The van der Waals surface area contributed by atoms with Crippen molar-refractivity contribution in [3.8, 4) is 5.75 Å². The number of amides is 2. The molecule has 1 heterocycles. The highest BCUT2D eigenvalue weighted by Crippen LogP contribution is 2.29. The van der Waals surface area contributed by atoms with E-state index in [2.05, 4.69) is 0 Å². The molecule has 0 N–H and O–H groups in total. The third-order valence-corrected chi connectivity index (χ3v) is 4.50. The molecule has 1 aliphatic heterocycles. The second-order valence-corrected chi connectivity index (χ2v) is 8.09. The minimum atomic E-state index is -1.08. The number of nitro groups is 1. The van der Waals surface area contributed by atoms with E-state index in [1.54, 1.807) is 51.1 Å². The lowest BCUT2D eigenvalue weighted by Gasteiger charge is -2.35. The molecule has 0 saturated carbocycles. The van der Waals surface area contributed by atoms with Crippen molar-refractivity contribution in [2.45, 2.75) is 45.3 Å². The number of non-ortho nitro benzene ring substituents is 1. The maximum atomic E-state index is 13.0. The Hall–Kier alpha value is -3.95. The largest absolute Gasteiger partial charge is 0.442 e. The van der Waals surface area contributed by atoms with E-state index in [1.807, 2.05) is 0 Å². The van der Waals surface area contributed by atoms with Crippen LogP contribution in [-0.2, 0) is 14.3 Å². The Bertz CT molecular complexity index is 1020. The topological polar surface area (TPSA) is 119 Å². The molecule has 10 nitrogen and oxygen atoms in total. The minimum absolute atomic E-state index is 0.0339. The average molecular weight is 441 g/mol. The predicted octanol–water partition coefficient (Wildman–Crippen LogP) is 3.85. The third kappa shape index (κ3) is 5.20. The van der Waals surface area contributed by atoms with Crippen LogP contribution in [0, 0.1) is 10.1 Å². The number of carbonyl (C=O) groups is 3. The highest BCUT2D eigenvalue weighted by atomic mass is 16.6. The summed E-state index contributed by atoms with van der Waals surface area (Å²) in [6, 6.07) is 12.3. The Morgan fingerprint density at radius 2 is 1.72 bits per heavy atom. The van der Waals surface area contributed by atoms with Crippen molar-refractivity contribution >= 4 is 29.3 Å². The summed E-state index contributed by atoms with van der Waals surface area (Å²) < 4.78 is 10.8. The van der Waals surface area contributed by atoms with Crippen LogP contribution in [0.4, 0.5) is 16.2 Å². The van der Waals surface area contributed by atoms with Gasteiger partial charge in [0.2, 0.25) is 5.91 Å². The fraction of sp³-hybridized carbons (Fsp3) is 0.318. The highest BCUT2D eigenvalue weighted by Gasteiger charge is 2.44. The zero-order chi connectivity index (χ0) is 23.5. The van der Waals surface area contributed by atoms with Crippen LogP contribution in [0.15, 0.2) is 54.6 Å². The molecule has 1 aliphatic rings. The lowest BCUT2D eigenvalue weighted by atomic mass is 10.2. The van der Waals surface area contributed by atoms with Gasteiger partial charge >= 0.3 is 12.1 Å². The van der Waals surface area contributed by atoms with Crippen LogP contribution in [0.3, 0.4) is 0 Å². The molecule has 1 fully saturated rings. The number of esters is 1. The van der Waals surface area contributed by atoms with Crippen LogP contribution < -0.4 is 9.75 Å². The van der Waals surface area contributed by atoms with Gasteiger partial charge in [-0.15, -0.1) is 0 Å². The van der Waals surface area contributed by atoms with Gasteiger partial charge in [-0.1, -0.05) is 18.2 Å². The number of carbonyl (C=O) groups excluding carboxylic acids is 3. The molecule has 0 aliphatic carbocycles. The van der Waals surface area contributed by atoms with Gasteiger partial charge in [-0.25, -0.2) is 14.6 Å². The summed E-state index contributed by atoms with van der Waals surface area (Å²) in [5.41, 5.74) is -0.630. The zero-order valence-electron chi connectivity index (χ0n) is 17.9. The van der Waals surface area contributed by atoms with Gasteiger partial charge in [0, 0.05) is 18.6 Å². The van der Waals surface area contributed by atoms with Gasteiger partial charge in [0.25, 0.3) is 5.69 Å². The molecule has 2 aromatic carbocycles. The van der Waals surface area contributed by atoms with Crippen LogP contribution in [-0.4, -0.2) is 39.5 Å². The molecule has 0 spiro atoms. The molecule has 1 unspecified atom stereocenters. The Morgan fingerprint density at radius 3 is 2.28 bits per heavy atom. The minimum Gasteiger partial charge on any atom is -0.442 e. The normalized spacial score (nSPS) is 15.9. The van der Waals surface area contributed by atoms with Gasteiger partial charge in [0.05, 0.1) is 10.6 Å². The standard InChI is InChI=1S/C22H23N3O7/c1-22(2,3)32-21(28)23(15-7-5-4-6-8-15)24-18(13-14-19(24)26)20(27)31-17-11-9-16(10-12-17)25(29)30/h4-12,18H,13-14H2,1-3H3. The summed E-state index contributed by atoms with van der Waals surface area (Å²) in [6.45, 7) is 5.08. The monoisotopic (exact) mass is 441 g/mol. The quantitative estimate of drug-likeness (QED) is 0.299. The molecule has 2 aromatic rings. The van der Waals surface area contributed by atoms with Gasteiger partial charge in [-0.05, 0) is 51.5 Å². The molecule has 0 bridgehead atoms. The maximum Gasteiger partial charge on any atom is 0.434 e. The van der Waals surface area contributed by atoms with Crippen LogP contribution >= 0.6 is 0 Å². The number of para-hydroxylation sites is 1. The number of nitrogens with zero attached hydrogens (tertiary/aromatic N) is 3. The fourth-order valence-corrected chi connectivity index (χ4v) is 3.15. The van der Waals surface area contributed by atoms with Gasteiger partial charge < -0.3 is 9.47 Å². The van der Waals surface area contributed by atoms with Crippen molar-refractivity contribution < 1.29 is 28.8 Å². The van der Waals surface area contributed by atoms with E-state index < -0.39 is 34.5 Å². The van der Waals surface area contributed by atoms with Crippen molar-refractivity contribution in [1.29, 1.82) is 0 Å². The number of ether oxygens (including phenoxy) is 2. The molecule has 1 atom stereocenters.